The first-order chi connectivity index (χ1) is 12.9. The van der Waals surface area contributed by atoms with Crippen LogP contribution in [0.25, 0.3) is 0 Å². The normalized spacial score (nSPS) is 18.1. The zero-order valence-electron chi connectivity index (χ0n) is 18.0. The van der Waals surface area contributed by atoms with Gasteiger partial charge in [0, 0.05) is 19.1 Å². The lowest BCUT2D eigenvalue weighted by Gasteiger charge is -2.33. The Labute approximate surface area is 176 Å². The maximum atomic E-state index is 12.5. The summed E-state index contributed by atoms with van der Waals surface area (Å²) in [6.45, 7) is 13.8. The lowest BCUT2D eigenvalue weighted by Crippen LogP contribution is -3.00. The third-order valence-corrected chi connectivity index (χ3v) is 5.34. The molecule has 0 aromatic heterocycles. The molecule has 1 fully saturated rings. The van der Waals surface area contributed by atoms with Crippen molar-refractivity contribution >= 4 is 6.09 Å². The van der Waals surface area contributed by atoms with E-state index in [1.54, 1.807) is 4.90 Å². The predicted octanol–water partition coefficient (Wildman–Crippen LogP) is 1.41. The molecule has 0 bridgehead atoms. The maximum Gasteiger partial charge on any atom is 0.410 e. The van der Waals surface area contributed by atoms with Gasteiger partial charge in [0.15, 0.2) is 0 Å². The first-order valence-electron chi connectivity index (χ1n) is 10.3. The van der Waals surface area contributed by atoms with Crippen molar-refractivity contribution < 1.29 is 26.7 Å². The molecule has 1 heterocycles. The zero-order valence-corrected chi connectivity index (χ0v) is 18.8. The van der Waals surface area contributed by atoms with Gasteiger partial charge in [-0.25, -0.2) is 4.79 Å². The van der Waals surface area contributed by atoms with Crippen molar-refractivity contribution in [2.24, 2.45) is 0 Å². The van der Waals surface area contributed by atoms with Crippen LogP contribution in [0.4, 0.5) is 4.79 Å². The zero-order chi connectivity index (χ0) is 19.8. The Morgan fingerprint density at radius 1 is 1.25 bits per heavy atom. The highest BCUT2D eigenvalue weighted by Crippen LogP contribution is 2.18. The van der Waals surface area contributed by atoms with E-state index in [2.05, 4.69) is 31.7 Å². The van der Waals surface area contributed by atoms with E-state index in [-0.39, 0.29) is 24.5 Å². The van der Waals surface area contributed by atoms with Gasteiger partial charge < -0.3 is 26.8 Å². The van der Waals surface area contributed by atoms with E-state index in [0.717, 1.165) is 18.8 Å². The minimum Gasteiger partial charge on any atom is -1.00 e. The van der Waals surface area contributed by atoms with Gasteiger partial charge in [0.1, 0.15) is 19.0 Å². The Bertz CT molecular complexity index is 591. The molecule has 2 rings (SSSR count). The number of hydrogen-bond donors (Lipinski definition) is 0. The van der Waals surface area contributed by atoms with Gasteiger partial charge in [-0.15, -0.1) is 0 Å². The third kappa shape index (κ3) is 7.51. The smallest absolute Gasteiger partial charge is 0.410 e. The van der Waals surface area contributed by atoms with Crippen LogP contribution in [-0.2, 0) is 4.74 Å². The van der Waals surface area contributed by atoms with Crippen molar-refractivity contribution in [3.8, 4) is 5.75 Å². The van der Waals surface area contributed by atoms with E-state index in [1.165, 1.54) is 30.4 Å². The highest BCUT2D eigenvalue weighted by molar-refractivity contribution is 5.68. The number of likely N-dealkylation sites (N-methyl/N-ethyl adjacent to an activating group) is 1. The lowest BCUT2D eigenvalue weighted by molar-refractivity contribution is -0.0000153. The maximum absolute atomic E-state index is 12.5. The SMILES string of the molecule is CCN(C(=O)OCCN1CCCCC1C)C(C)COc1cc(C)cc(C)c1.[Cl-]. The second-order valence-electron chi connectivity index (χ2n) is 7.76. The minimum atomic E-state index is -0.251. The fourth-order valence-corrected chi connectivity index (χ4v) is 3.77. The molecule has 5 nitrogen and oxygen atoms in total. The molecule has 0 radical (unpaired) electrons. The molecule has 6 heteroatoms. The summed E-state index contributed by atoms with van der Waals surface area (Å²) in [4.78, 5) is 16.6. The molecule has 0 saturated carbocycles. The van der Waals surface area contributed by atoms with Crippen LogP contribution in [0.15, 0.2) is 18.2 Å². The van der Waals surface area contributed by atoms with Gasteiger partial charge in [-0.1, -0.05) is 12.5 Å². The van der Waals surface area contributed by atoms with Gasteiger partial charge in [-0.05, 0) is 77.3 Å². The second kappa shape index (κ2) is 12.2. The molecular formula is C22H36ClN2O3-. The number of carbonyl (C=O) groups excluding carboxylic acids is 1. The van der Waals surface area contributed by atoms with Crippen LogP contribution >= 0.6 is 0 Å². The Morgan fingerprint density at radius 2 is 1.93 bits per heavy atom. The Hall–Kier alpha value is -1.46. The van der Waals surface area contributed by atoms with Crippen molar-refractivity contribution in [1.29, 1.82) is 0 Å². The third-order valence-electron chi connectivity index (χ3n) is 5.34. The summed E-state index contributed by atoms with van der Waals surface area (Å²) in [7, 11) is 0. The average molecular weight is 412 g/mol. The Kier molecular flexibility index (Phi) is 10.7. The second-order valence-corrected chi connectivity index (χ2v) is 7.76. The number of aryl methyl sites for hydroxylation is 2. The van der Waals surface area contributed by atoms with Crippen LogP contribution in [0, 0.1) is 13.8 Å². The van der Waals surface area contributed by atoms with E-state index in [0.29, 0.717) is 25.8 Å². The molecule has 2 unspecified atom stereocenters. The molecule has 1 aliphatic heterocycles. The Morgan fingerprint density at radius 3 is 2.54 bits per heavy atom. The number of amides is 1. The monoisotopic (exact) mass is 411 g/mol. The first kappa shape index (κ1) is 24.6. The van der Waals surface area contributed by atoms with Gasteiger partial charge in [-0.2, -0.15) is 0 Å². The highest BCUT2D eigenvalue weighted by Gasteiger charge is 2.22. The Balaban J connectivity index is 0.00000392. The largest absolute Gasteiger partial charge is 1.00 e. The number of halogens is 1. The number of piperidine rings is 1. The van der Waals surface area contributed by atoms with Gasteiger partial charge in [-0.3, -0.25) is 4.90 Å². The summed E-state index contributed by atoms with van der Waals surface area (Å²) in [5.41, 5.74) is 2.35. The summed E-state index contributed by atoms with van der Waals surface area (Å²) in [6.07, 6.45) is 3.53. The van der Waals surface area contributed by atoms with E-state index in [1.807, 2.05) is 26.0 Å². The fourth-order valence-electron chi connectivity index (χ4n) is 3.77. The summed E-state index contributed by atoms with van der Waals surface area (Å²) in [5.74, 6) is 0.850. The molecule has 160 valence electrons. The molecule has 1 amide bonds. The van der Waals surface area contributed by atoms with E-state index < -0.39 is 0 Å². The molecule has 1 aromatic rings. The van der Waals surface area contributed by atoms with E-state index in [9.17, 15) is 4.79 Å². The van der Waals surface area contributed by atoms with Gasteiger partial charge in [0.2, 0.25) is 0 Å². The van der Waals surface area contributed by atoms with Crippen LogP contribution in [0.2, 0.25) is 0 Å². The van der Waals surface area contributed by atoms with Crippen molar-refractivity contribution in [3.05, 3.63) is 29.3 Å². The molecule has 0 spiro atoms. The van der Waals surface area contributed by atoms with Crippen molar-refractivity contribution in [2.45, 2.75) is 66.0 Å². The lowest BCUT2D eigenvalue weighted by atomic mass is 10.0. The number of nitrogens with zero attached hydrogens (tertiary/aromatic N) is 2. The van der Waals surface area contributed by atoms with Crippen LogP contribution in [0.1, 0.15) is 51.2 Å². The molecule has 0 aliphatic carbocycles. The van der Waals surface area contributed by atoms with Crippen LogP contribution in [-0.4, -0.2) is 60.8 Å². The molecule has 1 aromatic carbocycles. The molecule has 28 heavy (non-hydrogen) atoms. The van der Waals surface area contributed by atoms with Crippen LogP contribution in [0.3, 0.4) is 0 Å². The van der Waals surface area contributed by atoms with Crippen molar-refractivity contribution in [3.63, 3.8) is 0 Å². The summed E-state index contributed by atoms with van der Waals surface area (Å²) >= 11 is 0. The summed E-state index contributed by atoms with van der Waals surface area (Å²) in [6, 6.07) is 6.71. The highest BCUT2D eigenvalue weighted by atomic mass is 35.5. The van der Waals surface area contributed by atoms with Gasteiger partial charge >= 0.3 is 6.09 Å². The number of ether oxygens (including phenoxy) is 2. The van der Waals surface area contributed by atoms with Crippen LogP contribution < -0.4 is 17.1 Å². The first-order valence-corrected chi connectivity index (χ1v) is 10.3. The average Bonchev–Trinajstić information content (AvgIpc) is 2.61. The van der Waals surface area contributed by atoms with E-state index >= 15 is 0 Å². The number of rotatable bonds is 8. The number of hydrogen-bond acceptors (Lipinski definition) is 4. The molecule has 1 aliphatic rings. The summed E-state index contributed by atoms with van der Waals surface area (Å²) < 4.78 is 11.5. The topological polar surface area (TPSA) is 42.0 Å². The number of carbonyl (C=O) groups is 1. The molecule has 1 saturated heterocycles. The van der Waals surface area contributed by atoms with Gasteiger partial charge in [0.05, 0.1) is 6.04 Å². The number of benzene rings is 1. The fraction of sp³-hybridized carbons (Fsp3) is 0.682. The molecule has 2 atom stereocenters. The van der Waals surface area contributed by atoms with Crippen molar-refractivity contribution in [2.75, 3.05) is 32.8 Å². The minimum absolute atomic E-state index is 0. The standard InChI is InChI=1S/C22H36N2O3.ClH/c1-6-24(20(5)16-27-21-14-17(2)13-18(3)15-21)22(25)26-12-11-23-10-8-7-9-19(23)4;/h13-15,19-20H,6-12,16H2,1-5H3;1H/p-1. The van der Waals surface area contributed by atoms with Gasteiger partial charge in [0.25, 0.3) is 0 Å². The molecule has 0 N–H and O–H groups in total. The van der Waals surface area contributed by atoms with E-state index in [4.69, 9.17) is 9.47 Å². The molecular weight excluding hydrogens is 376 g/mol. The quantitative estimate of drug-likeness (QED) is 0.648. The van der Waals surface area contributed by atoms with Crippen LogP contribution in [0.5, 0.6) is 5.75 Å². The number of likely N-dealkylation sites (tertiary alicyclic amines) is 1. The summed E-state index contributed by atoms with van der Waals surface area (Å²) in [5, 5.41) is 0. The van der Waals surface area contributed by atoms with Crippen molar-refractivity contribution in [1.82, 2.24) is 9.80 Å². The predicted molar refractivity (Wildman–Crippen MR) is 109 cm³/mol.